The first kappa shape index (κ1) is 27.5. The topological polar surface area (TPSA) is 92.3 Å². The highest BCUT2D eigenvalue weighted by molar-refractivity contribution is 7.90. The fourth-order valence-electron chi connectivity index (χ4n) is 3.19. The van der Waals surface area contributed by atoms with E-state index in [1.165, 1.54) is 48.5 Å². The fraction of sp³-hybridized carbons (Fsp3) is 0.185. The second kappa shape index (κ2) is 11.8. The number of anilines is 1. The molecule has 6 nitrogen and oxygen atoms in total. The van der Waals surface area contributed by atoms with Crippen LogP contribution in [0.3, 0.4) is 0 Å². The van der Waals surface area contributed by atoms with Gasteiger partial charge in [-0.15, -0.1) is 0 Å². The number of sulfonamides is 1. The van der Waals surface area contributed by atoms with Crippen molar-refractivity contribution in [3.8, 4) is 11.8 Å². The highest BCUT2D eigenvalue weighted by Gasteiger charge is 2.30. The Bertz CT molecular complexity index is 1460. The number of hydrogen-bond donors (Lipinski definition) is 2. The van der Waals surface area contributed by atoms with E-state index in [-0.39, 0.29) is 28.1 Å². The molecule has 0 atom stereocenters. The maximum Gasteiger partial charge on any atom is 0.416 e. The molecule has 0 fully saturated rings. The Morgan fingerprint density at radius 1 is 0.865 bits per heavy atom. The molecule has 2 amide bonds. The predicted octanol–water partition coefficient (Wildman–Crippen LogP) is 5.22. The lowest BCUT2D eigenvalue weighted by atomic mass is 10.1. The molecule has 0 saturated heterocycles. The van der Waals surface area contributed by atoms with Crippen molar-refractivity contribution in [1.82, 2.24) is 4.72 Å². The van der Waals surface area contributed by atoms with Crippen LogP contribution in [0.25, 0.3) is 0 Å². The lowest BCUT2D eigenvalue weighted by molar-refractivity contribution is -0.137. The van der Waals surface area contributed by atoms with Crippen LogP contribution >= 0.6 is 0 Å². The molecule has 0 radical (unpaired) electrons. The first-order valence-electron chi connectivity index (χ1n) is 11.2. The van der Waals surface area contributed by atoms with E-state index in [0.717, 1.165) is 12.1 Å². The third-order valence-corrected chi connectivity index (χ3v) is 6.45. The number of benzene rings is 3. The van der Waals surface area contributed by atoms with E-state index < -0.39 is 33.6 Å². The van der Waals surface area contributed by atoms with Crippen molar-refractivity contribution >= 4 is 27.5 Å². The summed E-state index contributed by atoms with van der Waals surface area (Å²) in [5.74, 6) is 3.83. The molecule has 0 unspecified atom stereocenters. The van der Waals surface area contributed by atoms with E-state index in [1.54, 1.807) is 12.1 Å². The maximum atomic E-state index is 12.9. The van der Waals surface area contributed by atoms with Crippen molar-refractivity contribution in [3.63, 3.8) is 0 Å². The Morgan fingerprint density at radius 2 is 1.54 bits per heavy atom. The molecule has 192 valence electrons. The summed E-state index contributed by atoms with van der Waals surface area (Å²) in [5.41, 5.74) is 0.229. The molecule has 0 saturated carbocycles. The van der Waals surface area contributed by atoms with Gasteiger partial charge in [0.2, 0.25) is 10.0 Å². The molecule has 37 heavy (non-hydrogen) atoms. The second-order valence-electron chi connectivity index (χ2n) is 8.01. The summed E-state index contributed by atoms with van der Waals surface area (Å²) >= 11 is 0. The Morgan fingerprint density at radius 3 is 2.22 bits per heavy atom. The Hall–Kier alpha value is -4.10. The van der Waals surface area contributed by atoms with Gasteiger partial charge in [-0.3, -0.25) is 9.59 Å². The molecule has 2 N–H and O–H groups in total. The lowest BCUT2D eigenvalue weighted by Crippen LogP contribution is -2.33. The van der Waals surface area contributed by atoms with Crippen LogP contribution < -0.4 is 10.0 Å². The molecule has 3 aromatic rings. The van der Waals surface area contributed by atoms with E-state index >= 15 is 0 Å². The van der Waals surface area contributed by atoms with Crippen LogP contribution in [0.5, 0.6) is 0 Å². The summed E-state index contributed by atoms with van der Waals surface area (Å²) in [5, 5.41) is 2.60. The average Bonchev–Trinajstić information content (AvgIpc) is 2.86. The van der Waals surface area contributed by atoms with Crippen molar-refractivity contribution in [3.05, 3.63) is 101 Å². The molecule has 0 aliphatic carbocycles. The van der Waals surface area contributed by atoms with Gasteiger partial charge >= 0.3 is 6.18 Å². The monoisotopic (exact) mass is 528 g/mol. The molecule has 3 aromatic carbocycles. The largest absolute Gasteiger partial charge is 0.416 e. The Balaban J connectivity index is 1.72. The number of rotatable bonds is 7. The summed E-state index contributed by atoms with van der Waals surface area (Å²) in [7, 11) is -3.81. The normalized spacial score (nSPS) is 11.2. The predicted molar refractivity (Wildman–Crippen MR) is 134 cm³/mol. The Kier molecular flexibility index (Phi) is 8.73. The van der Waals surface area contributed by atoms with Gasteiger partial charge in [-0.2, -0.15) is 13.2 Å². The minimum Gasteiger partial charge on any atom is -0.321 e. The van der Waals surface area contributed by atoms with Crippen molar-refractivity contribution in [2.75, 3.05) is 11.1 Å². The van der Waals surface area contributed by atoms with Crippen LogP contribution in [-0.2, 0) is 16.2 Å². The number of unbranched alkanes of at least 4 members (excludes halogenated alkanes) is 1. The molecule has 0 heterocycles. The van der Waals surface area contributed by atoms with Crippen LogP contribution in [0.2, 0.25) is 0 Å². The van der Waals surface area contributed by atoms with Crippen LogP contribution in [-0.4, -0.2) is 26.0 Å². The number of para-hydroxylation sites is 1. The smallest absolute Gasteiger partial charge is 0.321 e. The van der Waals surface area contributed by atoms with Gasteiger partial charge in [-0.1, -0.05) is 43.4 Å². The van der Waals surface area contributed by atoms with Gasteiger partial charge in [-0.25, -0.2) is 13.1 Å². The van der Waals surface area contributed by atoms with Crippen LogP contribution in [0.4, 0.5) is 18.9 Å². The molecule has 0 bridgehead atoms. The average molecular weight is 529 g/mol. The molecule has 0 spiro atoms. The number of nitrogens with one attached hydrogen (secondary N) is 2. The standard InChI is InChI=1S/C27H23F3N2O4S/c1-2-3-17-37(35,36)32-26(34)23-9-4-5-10-24(23)31-25(33)21-15-13-19(14-16-21)11-12-20-7-6-8-22(18-20)27(28,29)30/h4-10,13-16,18H,2-3,17H2,1H3,(H,31,33)(H,32,34). The number of halogens is 3. The SMILES string of the molecule is CCCCS(=O)(=O)NC(=O)c1ccccc1NC(=O)c1ccc(C#Cc2cccc(C(F)(F)F)c2)cc1. The summed E-state index contributed by atoms with van der Waals surface area (Å²) in [6.07, 6.45) is -3.41. The van der Waals surface area contributed by atoms with Crippen molar-refractivity contribution in [2.45, 2.75) is 25.9 Å². The number of carbonyl (C=O) groups excluding carboxylic acids is 2. The first-order valence-corrected chi connectivity index (χ1v) is 12.9. The van der Waals surface area contributed by atoms with Crippen molar-refractivity contribution in [1.29, 1.82) is 0 Å². The van der Waals surface area contributed by atoms with Crippen LogP contribution in [0, 0.1) is 11.8 Å². The van der Waals surface area contributed by atoms with Gasteiger partial charge in [0, 0.05) is 16.7 Å². The number of amides is 2. The number of carbonyl (C=O) groups is 2. The highest BCUT2D eigenvalue weighted by atomic mass is 32.2. The highest BCUT2D eigenvalue weighted by Crippen LogP contribution is 2.29. The molecule has 0 aromatic heterocycles. The van der Waals surface area contributed by atoms with Gasteiger partial charge in [0.15, 0.2) is 0 Å². The van der Waals surface area contributed by atoms with Gasteiger partial charge in [0.1, 0.15) is 0 Å². The molecular formula is C27H23F3N2O4S. The van der Waals surface area contributed by atoms with E-state index in [4.69, 9.17) is 0 Å². The fourth-order valence-corrected chi connectivity index (χ4v) is 4.35. The quantitative estimate of drug-likeness (QED) is 0.412. The molecular weight excluding hydrogens is 505 g/mol. The maximum absolute atomic E-state index is 12.9. The van der Waals surface area contributed by atoms with E-state index in [0.29, 0.717) is 18.4 Å². The zero-order valence-electron chi connectivity index (χ0n) is 19.7. The summed E-state index contributed by atoms with van der Waals surface area (Å²) in [6, 6.07) is 16.7. The third-order valence-electron chi connectivity index (χ3n) is 5.12. The lowest BCUT2D eigenvalue weighted by Gasteiger charge is -2.12. The van der Waals surface area contributed by atoms with E-state index in [1.807, 2.05) is 11.6 Å². The van der Waals surface area contributed by atoms with Gasteiger partial charge in [0.05, 0.1) is 22.6 Å². The number of alkyl halides is 3. The molecule has 0 aliphatic rings. The summed E-state index contributed by atoms with van der Waals surface area (Å²) < 4.78 is 64.8. The van der Waals surface area contributed by atoms with E-state index in [2.05, 4.69) is 17.2 Å². The zero-order chi connectivity index (χ0) is 27.1. The Labute approximate surface area is 213 Å². The van der Waals surface area contributed by atoms with Gasteiger partial charge in [0.25, 0.3) is 11.8 Å². The minimum atomic E-state index is -4.46. The van der Waals surface area contributed by atoms with Crippen molar-refractivity contribution < 1.29 is 31.2 Å². The molecule has 3 rings (SSSR count). The molecule has 0 aliphatic heterocycles. The minimum absolute atomic E-state index is 0.0144. The van der Waals surface area contributed by atoms with Crippen LogP contribution in [0.1, 0.15) is 57.2 Å². The third kappa shape index (κ3) is 7.95. The first-order chi connectivity index (χ1) is 17.5. The van der Waals surface area contributed by atoms with Crippen molar-refractivity contribution in [2.24, 2.45) is 0 Å². The van der Waals surface area contributed by atoms with E-state index in [9.17, 15) is 31.2 Å². The van der Waals surface area contributed by atoms with Crippen LogP contribution in [0.15, 0.2) is 72.8 Å². The van der Waals surface area contributed by atoms with Gasteiger partial charge < -0.3 is 5.32 Å². The molecule has 10 heteroatoms. The van der Waals surface area contributed by atoms with Gasteiger partial charge in [-0.05, 0) is 61.0 Å². The number of hydrogen-bond acceptors (Lipinski definition) is 4. The summed E-state index contributed by atoms with van der Waals surface area (Å²) in [4.78, 5) is 25.3. The summed E-state index contributed by atoms with van der Waals surface area (Å²) in [6.45, 7) is 1.83. The zero-order valence-corrected chi connectivity index (χ0v) is 20.5. The second-order valence-corrected chi connectivity index (χ2v) is 9.85.